The minimum Gasteiger partial charge on any atom is -0.595 e. The highest BCUT2D eigenvalue weighted by Gasteiger charge is 2.37. The van der Waals surface area contributed by atoms with E-state index in [9.17, 15) is 19.6 Å². The number of Topliss-reactive ketones (excluding diaryl/α,β-unsaturated/α-hetero) is 1. The molecule has 0 spiro atoms. The molecule has 1 amide bonds. The third-order valence-electron chi connectivity index (χ3n) is 2.51. The van der Waals surface area contributed by atoms with E-state index in [2.05, 4.69) is 0 Å². The number of amides is 1. The van der Waals surface area contributed by atoms with Crippen LogP contribution in [0.15, 0.2) is 18.2 Å². The average molecular weight is 252 g/mol. The normalized spacial score (nSPS) is 15.8. The molecule has 0 radical (unpaired) electrons. The topological polar surface area (TPSA) is 122 Å². The Kier molecular flexibility index (Phi) is 2.83. The first kappa shape index (κ1) is 12.2. The molecule has 3 N–H and O–H groups in total. The molecule has 1 aliphatic rings. The lowest BCUT2D eigenvalue weighted by atomic mass is 10.1. The van der Waals surface area contributed by atoms with Crippen LogP contribution in [0.1, 0.15) is 10.4 Å². The number of aliphatic carboxylic acids is 1. The van der Waals surface area contributed by atoms with Gasteiger partial charge in [0.1, 0.15) is 6.54 Å². The van der Waals surface area contributed by atoms with Crippen molar-refractivity contribution in [2.24, 2.45) is 0 Å². The molecule has 2 rings (SSSR count). The zero-order chi connectivity index (χ0) is 13.4. The first-order valence-electron chi connectivity index (χ1n) is 4.87. The molecular formula is C10H8N2O6. The van der Waals surface area contributed by atoms with Crippen molar-refractivity contribution in [3.8, 4) is 0 Å². The van der Waals surface area contributed by atoms with Gasteiger partial charge in [0, 0.05) is 12.1 Å². The van der Waals surface area contributed by atoms with Gasteiger partial charge in [-0.1, -0.05) is 0 Å². The summed E-state index contributed by atoms with van der Waals surface area (Å²) in [5.74, 6) is -3.12. The van der Waals surface area contributed by atoms with Crippen molar-refractivity contribution in [2.45, 2.75) is 0 Å². The number of carboxylic acids is 1. The highest BCUT2D eigenvalue weighted by Crippen LogP contribution is 2.30. The van der Waals surface area contributed by atoms with Crippen molar-refractivity contribution in [3.63, 3.8) is 0 Å². The number of quaternary nitrogens is 1. The van der Waals surface area contributed by atoms with Gasteiger partial charge in [-0.2, -0.15) is 5.23 Å². The molecule has 0 saturated carbocycles. The molecule has 0 fully saturated rings. The lowest BCUT2D eigenvalue weighted by molar-refractivity contribution is -0.991. The summed E-state index contributed by atoms with van der Waals surface area (Å²) in [6.45, 7) is -0.635. The van der Waals surface area contributed by atoms with Gasteiger partial charge in [-0.05, 0) is 6.07 Å². The van der Waals surface area contributed by atoms with Crippen LogP contribution in [0.2, 0.25) is 0 Å². The van der Waals surface area contributed by atoms with Crippen LogP contribution in [0.3, 0.4) is 0 Å². The predicted octanol–water partition coefficient (Wildman–Crippen LogP) is -1.30. The van der Waals surface area contributed by atoms with E-state index in [1.54, 1.807) is 0 Å². The minimum absolute atomic E-state index is 0.0823. The monoisotopic (exact) mass is 252 g/mol. The van der Waals surface area contributed by atoms with Gasteiger partial charge in [0.25, 0.3) is 11.7 Å². The van der Waals surface area contributed by atoms with E-state index in [0.717, 1.165) is 11.0 Å². The van der Waals surface area contributed by atoms with Crippen LogP contribution in [0.5, 0.6) is 0 Å². The van der Waals surface area contributed by atoms with Crippen molar-refractivity contribution in [2.75, 3.05) is 11.4 Å². The summed E-state index contributed by atoms with van der Waals surface area (Å²) in [6, 6.07) is 3.53. The second-order valence-electron chi connectivity index (χ2n) is 3.65. The molecule has 1 aromatic carbocycles. The van der Waals surface area contributed by atoms with Crippen molar-refractivity contribution in [1.29, 1.82) is 0 Å². The standard InChI is InChI=1S/C10H8N2O6/c13-8(14)4-11-7-2-1-5(12(17)18)3-6(7)9(15)10(11)16/h1-3,12,17H,4H2,(H,13,14). The highest BCUT2D eigenvalue weighted by molar-refractivity contribution is 6.52. The molecule has 18 heavy (non-hydrogen) atoms. The number of anilines is 1. The Hall–Kier alpha value is -2.29. The number of benzene rings is 1. The van der Waals surface area contributed by atoms with Crippen LogP contribution in [-0.4, -0.2) is 34.5 Å². The summed E-state index contributed by atoms with van der Waals surface area (Å²) in [7, 11) is 0. The number of nitrogens with one attached hydrogen (secondary N) is 1. The summed E-state index contributed by atoms with van der Waals surface area (Å²) >= 11 is 0. The highest BCUT2D eigenvalue weighted by atomic mass is 16.8. The van der Waals surface area contributed by atoms with Crippen LogP contribution in [0.25, 0.3) is 0 Å². The number of fused-ring (bicyclic) bond motifs is 1. The summed E-state index contributed by atoms with van der Waals surface area (Å²) in [5.41, 5.74) is -0.0920. The number of nitrogens with zero attached hydrogens (tertiary/aromatic N) is 1. The Morgan fingerprint density at radius 2 is 2.06 bits per heavy atom. The third-order valence-corrected chi connectivity index (χ3v) is 2.51. The van der Waals surface area contributed by atoms with Gasteiger partial charge >= 0.3 is 5.97 Å². The Morgan fingerprint density at radius 1 is 1.39 bits per heavy atom. The van der Waals surface area contributed by atoms with Gasteiger partial charge in [0.15, 0.2) is 5.69 Å². The minimum atomic E-state index is -1.26. The molecule has 0 bridgehead atoms. The zero-order valence-corrected chi connectivity index (χ0v) is 8.91. The number of carboxylic acid groups (broad SMARTS) is 1. The lowest BCUT2D eigenvalue weighted by Gasteiger charge is -2.15. The van der Waals surface area contributed by atoms with Gasteiger partial charge in [0.2, 0.25) is 0 Å². The third kappa shape index (κ3) is 1.84. The molecule has 1 aromatic rings. The second-order valence-corrected chi connectivity index (χ2v) is 3.65. The molecular weight excluding hydrogens is 244 g/mol. The summed E-state index contributed by atoms with van der Waals surface area (Å²) in [6.07, 6.45) is 0. The summed E-state index contributed by atoms with van der Waals surface area (Å²) in [5, 5.41) is 26.9. The Bertz CT molecular complexity index is 553. The number of carbonyl (C=O) groups excluding carboxylic acids is 2. The predicted molar refractivity (Wildman–Crippen MR) is 56.5 cm³/mol. The number of hydrogen-bond acceptors (Lipinski definition) is 5. The van der Waals surface area contributed by atoms with Gasteiger partial charge in [-0.25, -0.2) is 5.21 Å². The van der Waals surface area contributed by atoms with Gasteiger partial charge in [-0.3, -0.25) is 19.3 Å². The van der Waals surface area contributed by atoms with Crippen molar-refractivity contribution in [3.05, 3.63) is 29.0 Å². The van der Waals surface area contributed by atoms with E-state index in [1.807, 2.05) is 0 Å². The van der Waals surface area contributed by atoms with Crippen molar-refractivity contribution >= 4 is 29.0 Å². The largest absolute Gasteiger partial charge is 0.595 e. The van der Waals surface area contributed by atoms with Gasteiger partial charge < -0.3 is 10.3 Å². The maximum Gasteiger partial charge on any atom is 0.323 e. The fraction of sp³-hybridized carbons (Fsp3) is 0.100. The smallest absolute Gasteiger partial charge is 0.323 e. The first-order chi connectivity index (χ1) is 8.41. The Morgan fingerprint density at radius 3 is 2.61 bits per heavy atom. The van der Waals surface area contributed by atoms with Crippen molar-refractivity contribution < 1.29 is 29.9 Å². The Balaban J connectivity index is 2.47. The van der Waals surface area contributed by atoms with E-state index >= 15 is 0 Å². The quantitative estimate of drug-likeness (QED) is 0.454. The second kappa shape index (κ2) is 4.18. The molecule has 1 atom stereocenters. The number of rotatable bonds is 3. The van der Waals surface area contributed by atoms with Crippen LogP contribution >= 0.6 is 0 Å². The van der Waals surface area contributed by atoms with E-state index in [-0.39, 0.29) is 16.9 Å². The molecule has 0 aromatic heterocycles. The van der Waals surface area contributed by atoms with E-state index < -0.39 is 29.4 Å². The van der Waals surface area contributed by atoms with E-state index in [0.29, 0.717) is 0 Å². The number of hydrogen-bond donors (Lipinski definition) is 3. The van der Waals surface area contributed by atoms with E-state index in [1.165, 1.54) is 12.1 Å². The molecule has 0 saturated heterocycles. The van der Waals surface area contributed by atoms with E-state index in [4.69, 9.17) is 10.3 Å². The fourth-order valence-corrected chi connectivity index (χ4v) is 1.73. The lowest BCUT2D eigenvalue weighted by Crippen LogP contribution is -2.99. The Labute approximate surface area is 100 Å². The molecule has 8 heteroatoms. The molecule has 94 valence electrons. The fourth-order valence-electron chi connectivity index (χ4n) is 1.73. The van der Waals surface area contributed by atoms with Crippen molar-refractivity contribution in [1.82, 2.24) is 0 Å². The molecule has 1 heterocycles. The average Bonchev–Trinajstić information content (AvgIpc) is 2.54. The number of ketones is 1. The molecule has 1 unspecified atom stereocenters. The van der Waals surface area contributed by atoms with Crippen LogP contribution in [0.4, 0.5) is 11.4 Å². The first-order valence-corrected chi connectivity index (χ1v) is 4.87. The SMILES string of the molecule is O=C(O)CN1C(=O)C(=O)c2cc([NH+]([O-])O)ccc21. The molecule has 0 aliphatic carbocycles. The molecule has 1 aliphatic heterocycles. The molecule has 8 nitrogen and oxygen atoms in total. The van der Waals surface area contributed by atoms with Crippen LogP contribution in [-0.2, 0) is 9.59 Å². The van der Waals surface area contributed by atoms with Gasteiger partial charge in [0.05, 0.1) is 11.3 Å². The van der Waals surface area contributed by atoms with Crippen LogP contribution < -0.4 is 10.1 Å². The maximum atomic E-state index is 11.6. The van der Waals surface area contributed by atoms with Crippen LogP contribution in [0, 0.1) is 5.21 Å². The number of carbonyl (C=O) groups is 3. The summed E-state index contributed by atoms with van der Waals surface area (Å²) in [4.78, 5) is 34.5. The summed E-state index contributed by atoms with van der Waals surface area (Å²) < 4.78 is 0. The zero-order valence-electron chi connectivity index (χ0n) is 8.91. The van der Waals surface area contributed by atoms with Gasteiger partial charge in [-0.15, -0.1) is 0 Å². The maximum absolute atomic E-state index is 11.6.